The molecule has 2 heteroatoms. The lowest BCUT2D eigenvalue weighted by Gasteiger charge is -2.40. The molecule has 32 heavy (non-hydrogen) atoms. The van der Waals surface area contributed by atoms with Crippen molar-refractivity contribution in [2.45, 2.75) is 122 Å². The van der Waals surface area contributed by atoms with E-state index in [4.69, 9.17) is 0 Å². The lowest BCUT2D eigenvalue weighted by Crippen LogP contribution is -2.44. The minimum atomic E-state index is -0.959. The summed E-state index contributed by atoms with van der Waals surface area (Å²) < 4.78 is 0. The van der Waals surface area contributed by atoms with Crippen molar-refractivity contribution in [1.29, 1.82) is 0 Å². The van der Waals surface area contributed by atoms with Crippen molar-refractivity contribution < 1.29 is 0 Å². The van der Waals surface area contributed by atoms with Gasteiger partial charge in [0.2, 0.25) is 0 Å². The molecule has 0 radical (unpaired) electrons. The first-order valence-electron chi connectivity index (χ1n) is 13.3. The molecular formula is C30H51NSi. The van der Waals surface area contributed by atoms with E-state index in [-0.39, 0.29) is 5.54 Å². The number of nitrogens with zero attached hydrogens (tertiary/aromatic N) is 1. The molecular weight excluding hydrogens is 402 g/mol. The molecule has 180 valence electrons. The van der Waals surface area contributed by atoms with Gasteiger partial charge in [-0.25, -0.2) is 0 Å². The van der Waals surface area contributed by atoms with Gasteiger partial charge in [0.05, 0.1) is 0 Å². The standard InChI is InChI=1S/C30H51NSi/c1-27(2)32(5,6)24-18-10-8-7-9-17-23-30(3,4)31(25-28-19-13-11-14-20-28)26-29-21-15-12-16-22-29/h11-15,19-21,27H,7-10,16-18,22-26H2,1-6H3. The molecule has 1 nitrogen and oxygen atoms in total. The van der Waals surface area contributed by atoms with Gasteiger partial charge in [-0.15, -0.1) is 0 Å². The van der Waals surface area contributed by atoms with E-state index in [2.05, 4.69) is 94.2 Å². The highest BCUT2D eigenvalue weighted by atomic mass is 28.3. The zero-order valence-corrected chi connectivity index (χ0v) is 23.1. The summed E-state index contributed by atoms with van der Waals surface area (Å²) in [4.78, 5) is 2.73. The molecule has 1 aliphatic rings. The molecule has 0 aliphatic heterocycles. The second kappa shape index (κ2) is 13.6. The summed E-state index contributed by atoms with van der Waals surface area (Å²) >= 11 is 0. The van der Waals surface area contributed by atoms with Crippen LogP contribution < -0.4 is 0 Å². The number of rotatable bonds is 15. The number of hydrogen-bond acceptors (Lipinski definition) is 1. The van der Waals surface area contributed by atoms with Crippen molar-refractivity contribution in [2.24, 2.45) is 0 Å². The smallest absolute Gasteiger partial charge is 0.0499 e. The van der Waals surface area contributed by atoms with Crippen LogP contribution in [0.1, 0.15) is 91.0 Å². The number of allylic oxidation sites excluding steroid dienone is 3. The molecule has 0 amide bonds. The van der Waals surface area contributed by atoms with E-state index in [1.165, 1.54) is 69.4 Å². The van der Waals surface area contributed by atoms with Gasteiger partial charge in [-0.1, -0.05) is 131 Å². The maximum atomic E-state index is 2.73. The average Bonchev–Trinajstić information content (AvgIpc) is 2.76. The molecule has 0 saturated heterocycles. The van der Waals surface area contributed by atoms with E-state index in [1.54, 1.807) is 5.57 Å². The summed E-state index contributed by atoms with van der Waals surface area (Å²) in [5.41, 5.74) is 4.17. The normalized spacial score (nSPS) is 14.9. The molecule has 0 atom stereocenters. The zero-order valence-electron chi connectivity index (χ0n) is 22.1. The topological polar surface area (TPSA) is 3.24 Å². The van der Waals surface area contributed by atoms with E-state index >= 15 is 0 Å². The molecule has 0 N–H and O–H groups in total. The Hall–Kier alpha value is -1.12. The fourth-order valence-electron chi connectivity index (χ4n) is 4.61. The third-order valence-electron chi connectivity index (χ3n) is 7.99. The summed E-state index contributed by atoms with van der Waals surface area (Å²) in [6.07, 6.45) is 19.1. The highest BCUT2D eigenvalue weighted by Crippen LogP contribution is 2.29. The van der Waals surface area contributed by atoms with Crippen molar-refractivity contribution in [3.8, 4) is 0 Å². The SMILES string of the molecule is CC(C)[Si](C)(C)CCCCCCCCC(C)(C)N(CC1=CC=CCC1)Cc1ccccc1. The van der Waals surface area contributed by atoms with Gasteiger partial charge in [0.25, 0.3) is 0 Å². The lowest BCUT2D eigenvalue weighted by molar-refractivity contribution is 0.110. The average molecular weight is 454 g/mol. The minimum absolute atomic E-state index is 0.227. The van der Waals surface area contributed by atoms with Gasteiger partial charge in [0.15, 0.2) is 0 Å². The Bertz CT molecular complexity index is 699. The van der Waals surface area contributed by atoms with Crippen LogP contribution in [0, 0.1) is 0 Å². The van der Waals surface area contributed by atoms with E-state index in [1.807, 2.05) is 0 Å². The first-order chi connectivity index (χ1) is 15.2. The molecule has 0 heterocycles. The first-order valence-corrected chi connectivity index (χ1v) is 16.6. The first kappa shape index (κ1) is 27.1. The minimum Gasteiger partial charge on any atom is -0.290 e. The van der Waals surface area contributed by atoms with Gasteiger partial charge in [-0.05, 0) is 38.7 Å². The quantitative estimate of drug-likeness (QED) is 0.189. The molecule has 0 saturated carbocycles. The van der Waals surface area contributed by atoms with Crippen molar-refractivity contribution in [3.63, 3.8) is 0 Å². The maximum Gasteiger partial charge on any atom is 0.0499 e. The Balaban J connectivity index is 1.78. The predicted octanol–water partition coefficient (Wildman–Crippen LogP) is 9.39. The van der Waals surface area contributed by atoms with Gasteiger partial charge in [0, 0.05) is 26.7 Å². The van der Waals surface area contributed by atoms with Crippen LogP contribution in [0.15, 0.2) is 54.1 Å². The molecule has 1 aromatic rings. The van der Waals surface area contributed by atoms with Crippen molar-refractivity contribution in [2.75, 3.05) is 6.54 Å². The van der Waals surface area contributed by atoms with E-state index in [0.717, 1.165) is 18.6 Å². The highest BCUT2D eigenvalue weighted by Gasteiger charge is 2.27. The van der Waals surface area contributed by atoms with E-state index in [9.17, 15) is 0 Å². The van der Waals surface area contributed by atoms with Crippen LogP contribution in [-0.2, 0) is 6.54 Å². The summed E-state index contributed by atoms with van der Waals surface area (Å²) in [6.45, 7) is 17.1. The zero-order chi connectivity index (χ0) is 23.5. The molecule has 0 fully saturated rings. The third-order valence-corrected chi connectivity index (χ3v) is 12.8. The predicted molar refractivity (Wildman–Crippen MR) is 147 cm³/mol. The third kappa shape index (κ3) is 9.79. The summed E-state index contributed by atoms with van der Waals surface area (Å²) in [5, 5.41) is 0. The molecule has 2 rings (SSSR count). The molecule has 1 aromatic carbocycles. The molecule has 1 aliphatic carbocycles. The Morgan fingerprint density at radius 2 is 1.56 bits per heavy atom. The van der Waals surface area contributed by atoms with Crippen molar-refractivity contribution in [1.82, 2.24) is 4.90 Å². The summed E-state index contributed by atoms with van der Waals surface area (Å²) in [5.74, 6) is 0. The van der Waals surface area contributed by atoms with Crippen LogP contribution >= 0.6 is 0 Å². The van der Waals surface area contributed by atoms with Gasteiger partial charge < -0.3 is 0 Å². The maximum absolute atomic E-state index is 2.73. The largest absolute Gasteiger partial charge is 0.290 e. The van der Waals surface area contributed by atoms with E-state index in [0.29, 0.717) is 0 Å². The summed E-state index contributed by atoms with van der Waals surface area (Å²) in [7, 11) is -0.959. The van der Waals surface area contributed by atoms with Gasteiger partial charge in [-0.2, -0.15) is 0 Å². The Morgan fingerprint density at radius 1 is 0.906 bits per heavy atom. The summed E-state index contributed by atoms with van der Waals surface area (Å²) in [6, 6.07) is 12.5. The number of hydrogen-bond donors (Lipinski definition) is 0. The Labute approximate surface area is 201 Å². The van der Waals surface area contributed by atoms with Crippen LogP contribution in [0.4, 0.5) is 0 Å². The van der Waals surface area contributed by atoms with Crippen LogP contribution in [-0.4, -0.2) is 25.1 Å². The monoisotopic (exact) mass is 453 g/mol. The van der Waals surface area contributed by atoms with Gasteiger partial charge >= 0.3 is 0 Å². The fraction of sp³-hybridized carbons (Fsp3) is 0.667. The lowest BCUT2D eigenvalue weighted by atomic mass is 9.92. The van der Waals surface area contributed by atoms with Gasteiger partial charge in [0.1, 0.15) is 0 Å². The molecule has 0 aromatic heterocycles. The number of benzene rings is 1. The second-order valence-electron chi connectivity index (χ2n) is 11.7. The molecule has 0 unspecified atom stereocenters. The van der Waals surface area contributed by atoms with Crippen molar-refractivity contribution >= 4 is 8.07 Å². The van der Waals surface area contributed by atoms with Crippen LogP contribution in [0.25, 0.3) is 0 Å². The Kier molecular flexibility index (Phi) is 11.5. The van der Waals surface area contributed by atoms with Crippen LogP contribution in [0.5, 0.6) is 0 Å². The molecule has 0 spiro atoms. The second-order valence-corrected chi connectivity index (χ2v) is 17.3. The Morgan fingerprint density at radius 3 is 2.19 bits per heavy atom. The van der Waals surface area contributed by atoms with E-state index < -0.39 is 8.07 Å². The number of unbranched alkanes of at least 4 members (excludes halogenated alkanes) is 5. The van der Waals surface area contributed by atoms with Gasteiger partial charge in [-0.3, -0.25) is 4.90 Å². The van der Waals surface area contributed by atoms with Crippen LogP contribution in [0.3, 0.4) is 0 Å². The highest BCUT2D eigenvalue weighted by molar-refractivity contribution is 6.78. The fourth-order valence-corrected chi connectivity index (χ4v) is 6.35. The van der Waals surface area contributed by atoms with Crippen molar-refractivity contribution in [3.05, 3.63) is 59.7 Å². The van der Waals surface area contributed by atoms with Crippen LogP contribution in [0.2, 0.25) is 24.7 Å². The molecule has 0 bridgehead atoms.